The third-order valence-electron chi connectivity index (χ3n) is 6.26. The Morgan fingerprint density at radius 2 is 1.77 bits per heavy atom. The van der Waals surface area contributed by atoms with Gasteiger partial charge in [-0.25, -0.2) is 9.37 Å². The van der Waals surface area contributed by atoms with Crippen molar-refractivity contribution in [1.29, 1.82) is 0 Å². The molecular formula is C27H23ClFN5O. The normalized spacial score (nSPS) is 15.4. The fourth-order valence-corrected chi connectivity index (χ4v) is 4.60. The van der Waals surface area contributed by atoms with Gasteiger partial charge in [-0.05, 0) is 73.4 Å². The molecule has 35 heavy (non-hydrogen) atoms. The highest BCUT2D eigenvalue weighted by Crippen LogP contribution is 2.33. The number of hydrogen-bond acceptors (Lipinski definition) is 5. The van der Waals surface area contributed by atoms with Crippen LogP contribution in [0.3, 0.4) is 0 Å². The summed E-state index contributed by atoms with van der Waals surface area (Å²) in [5.41, 5.74) is 10.0. The molecule has 4 aromatic rings. The van der Waals surface area contributed by atoms with E-state index in [-0.39, 0.29) is 11.4 Å². The second kappa shape index (κ2) is 9.43. The Labute approximate surface area is 207 Å². The lowest BCUT2D eigenvalue weighted by atomic mass is 10.0. The lowest BCUT2D eigenvalue weighted by Gasteiger charge is -2.24. The highest BCUT2D eigenvalue weighted by atomic mass is 35.5. The highest BCUT2D eigenvalue weighted by Gasteiger charge is 2.23. The predicted molar refractivity (Wildman–Crippen MR) is 136 cm³/mol. The molecule has 5 rings (SSSR count). The van der Waals surface area contributed by atoms with Crippen molar-refractivity contribution >= 4 is 23.3 Å². The number of halogens is 2. The first kappa shape index (κ1) is 22.9. The molecule has 176 valence electrons. The lowest BCUT2D eigenvalue weighted by Crippen LogP contribution is -2.27. The standard InChI is InChI=1S/C27H23ClFN5O/c1-16-3-2-10-34(16)25-13-19(17-4-7-21(29)8-5-17)12-24(33-25)18-6-9-23(31-14-18)26-22(28)11-20(15-32-26)27(30)35/h4-9,11-16H,2-3,10H2,1H3,(H2,30,35). The molecule has 3 aromatic heterocycles. The van der Waals surface area contributed by atoms with E-state index in [1.807, 2.05) is 18.2 Å². The highest BCUT2D eigenvalue weighted by molar-refractivity contribution is 6.33. The van der Waals surface area contributed by atoms with Gasteiger partial charge in [0.1, 0.15) is 17.3 Å². The van der Waals surface area contributed by atoms with Crippen LogP contribution in [0.1, 0.15) is 30.1 Å². The SMILES string of the molecule is CC1CCCN1c1cc(-c2ccc(F)cc2)cc(-c2ccc(-c3ncc(C(N)=O)cc3Cl)nc2)n1. The Morgan fingerprint density at radius 3 is 2.40 bits per heavy atom. The first-order chi connectivity index (χ1) is 16.9. The van der Waals surface area contributed by atoms with Gasteiger partial charge in [0.25, 0.3) is 0 Å². The van der Waals surface area contributed by atoms with E-state index >= 15 is 0 Å². The molecule has 1 aliphatic rings. The van der Waals surface area contributed by atoms with Gasteiger partial charge >= 0.3 is 0 Å². The van der Waals surface area contributed by atoms with Crippen molar-refractivity contribution in [3.8, 4) is 33.8 Å². The van der Waals surface area contributed by atoms with Crippen molar-refractivity contribution in [2.75, 3.05) is 11.4 Å². The summed E-state index contributed by atoms with van der Waals surface area (Å²) < 4.78 is 13.5. The summed E-state index contributed by atoms with van der Waals surface area (Å²) >= 11 is 6.32. The number of amides is 1. The fourth-order valence-electron chi connectivity index (χ4n) is 4.34. The zero-order valence-electron chi connectivity index (χ0n) is 19.1. The van der Waals surface area contributed by atoms with Gasteiger partial charge in [-0.2, -0.15) is 0 Å². The number of hydrogen-bond donors (Lipinski definition) is 1. The molecular weight excluding hydrogens is 465 g/mol. The molecule has 1 aliphatic heterocycles. The summed E-state index contributed by atoms with van der Waals surface area (Å²) in [6, 6.07) is 16.1. The van der Waals surface area contributed by atoms with Gasteiger partial charge in [-0.1, -0.05) is 23.7 Å². The maximum Gasteiger partial charge on any atom is 0.250 e. The number of carbonyl (C=O) groups is 1. The predicted octanol–water partition coefficient (Wildman–Crippen LogP) is 5.75. The molecule has 4 heterocycles. The van der Waals surface area contributed by atoms with Crippen LogP contribution >= 0.6 is 11.6 Å². The van der Waals surface area contributed by atoms with Crippen LogP contribution in [0.2, 0.25) is 5.02 Å². The maximum atomic E-state index is 13.5. The minimum absolute atomic E-state index is 0.237. The van der Waals surface area contributed by atoms with Crippen molar-refractivity contribution in [1.82, 2.24) is 15.0 Å². The summed E-state index contributed by atoms with van der Waals surface area (Å²) in [5, 5.41) is 0.295. The van der Waals surface area contributed by atoms with Crippen molar-refractivity contribution in [3.63, 3.8) is 0 Å². The minimum atomic E-state index is -0.593. The van der Waals surface area contributed by atoms with E-state index in [0.29, 0.717) is 22.5 Å². The number of anilines is 1. The van der Waals surface area contributed by atoms with Gasteiger partial charge in [0, 0.05) is 30.5 Å². The molecule has 0 spiro atoms. The fraction of sp³-hybridized carbons (Fsp3) is 0.185. The van der Waals surface area contributed by atoms with Gasteiger partial charge in [-0.15, -0.1) is 0 Å². The van der Waals surface area contributed by atoms with Crippen LogP contribution in [-0.2, 0) is 0 Å². The largest absolute Gasteiger partial charge is 0.366 e. The number of pyridine rings is 3. The lowest BCUT2D eigenvalue weighted by molar-refractivity contribution is 0.1000. The Kier molecular flexibility index (Phi) is 6.17. The van der Waals surface area contributed by atoms with Crippen LogP contribution in [0, 0.1) is 5.82 Å². The summed E-state index contributed by atoms with van der Waals surface area (Å²) in [7, 11) is 0. The summed E-state index contributed by atoms with van der Waals surface area (Å²) in [5.74, 6) is 0.0273. The third kappa shape index (κ3) is 4.72. The summed E-state index contributed by atoms with van der Waals surface area (Å²) in [4.78, 5) is 27.4. The Morgan fingerprint density at radius 1 is 1.00 bits per heavy atom. The number of rotatable bonds is 5. The topological polar surface area (TPSA) is 85.0 Å². The average molecular weight is 488 g/mol. The molecule has 0 radical (unpaired) electrons. The van der Waals surface area contributed by atoms with Crippen LogP contribution in [0.15, 0.2) is 67.0 Å². The number of nitrogens with zero attached hydrogens (tertiary/aromatic N) is 4. The molecule has 1 saturated heterocycles. The summed E-state index contributed by atoms with van der Waals surface area (Å²) in [6.45, 7) is 3.15. The van der Waals surface area contributed by atoms with Crippen LogP contribution in [-0.4, -0.2) is 33.4 Å². The molecule has 8 heteroatoms. The molecule has 1 fully saturated rings. The quantitative estimate of drug-likeness (QED) is 0.387. The smallest absolute Gasteiger partial charge is 0.250 e. The molecule has 1 aromatic carbocycles. The molecule has 1 atom stereocenters. The van der Waals surface area contributed by atoms with Crippen LogP contribution in [0.5, 0.6) is 0 Å². The monoisotopic (exact) mass is 487 g/mol. The van der Waals surface area contributed by atoms with Crippen molar-refractivity contribution in [2.24, 2.45) is 5.73 Å². The van der Waals surface area contributed by atoms with Crippen LogP contribution in [0.4, 0.5) is 10.2 Å². The second-order valence-electron chi connectivity index (χ2n) is 8.64. The van der Waals surface area contributed by atoms with Crippen molar-refractivity contribution < 1.29 is 9.18 Å². The number of aromatic nitrogens is 3. The Bertz CT molecular complexity index is 1390. The Hall–Kier alpha value is -3.84. The third-order valence-corrected chi connectivity index (χ3v) is 6.55. The average Bonchev–Trinajstić information content (AvgIpc) is 3.30. The number of carbonyl (C=O) groups excluding carboxylic acids is 1. The van der Waals surface area contributed by atoms with E-state index in [1.54, 1.807) is 18.3 Å². The number of benzene rings is 1. The first-order valence-electron chi connectivity index (χ1n) is 11.4. The Balaban J connectivity index is 1.54. The molecule has 0 bridgehead atoms. The molecule has 2 N–H and O–H groups in total. The van der Waals surface area contributed by atoms with Gasteiger partial charge in [0.2, 0.25) is 5.91 Å². The van der Waals surface area contributed by atoms with E-state index in [2.05, 4.69) is 27.9 Å². The maximum absolute atomic E-state index is 13.5. The van der Waals surface area contributed by atoms with E-state index in [4.69, 9.17) is 22.3 Å². The van der Waals surface area contributed by atoms with Gasteiger partial charge in [0.15, 0.2) is 0 Å². The van der Waals surface area contributed by atoms with Gasteiger partial charge in [-0.3, -0.25) is 14.8 Å². The minimum Gasteiger partial charge on any atom is -0.366 e. The molecule has 0 saturated carbocycles. The van der Waals surface area contributed by atoms with E-state index in [9.17, 15) is 9.18 Å². The molecule has 1 amide bonds. The van der Waals surface area contributed by atoms with E-state index in [0.717, 1.165) is 47.6 Å². The van der Waals surface area contributed by atoms with Gasteiger partial charge < -0.3 is 10.6 Å². The zero-order valence-corrected chi connectivity index (χ0v) is 19.8. The van der Waals surface area contributed by atoms with Gasteiger partial charge in [0.05, 0.1) is 22.0 Å². The van der Waals surface area contributed by atoms with Crippen molar-refractivity contribution in [3.05, 3.63) is 83.4 Å². The summed E-state index contributed by atoms with van der Waals surface area (Å²) in [6.07, 6.45) is 5.35. The van der Waals surface area contributed by atoms with E-state index < -0.39 is 5.91 Å². The number of nitrogens with two attached hydrogens (primary N) is 1. The molecule has 0 aliphatic carbocycles. The van der Waals surface area contributed by atoms with Crippen molar-refractivity contribution in [2.45, 2.75) is 25.8 Å². The second-order valence-corrected chi connectivity index (χ2v) is 9.05. The molecule has 6 nitrogen and oxygen atoms in total. The zero-order chi connectivity index (χ0) is 24.5. The van der Waals surface area contributed by atoms with Crippen LogP contribution in [0.25, 0.3) is 33.8 Å². The number of primary amides is 1. The first-order valence-corrected chi connectivity index (χ1v) is 11.7. The van der Waals surface area contributed by atoms with E-state index in [1.165, 1.54) is 24.4 Å². The molecule has 1 unspecified atom stereocenters. The van der Waals surface area contributed by atoms with Crippen LogP contribution < -0.4 is 10.6 Å².